The van der Waals surface area contributed by atoms with Crippen LogP contribution in [0.25, 0.3) is 0 Å². The first-order valence-electron chi connectivity index (χ1n) is 4.28. The quantitative estimate of drug-likeness (QED) is 0.302. The van der Waals surface area contributed by atoms with Gasteiger partial charge in [-0.05, 0) is 5.87 Å². The highest BCUT2D eigenvalue weighted by molar-refractivity contribution is 8.09. The largest absolute Gasteiger partial charge is 0.353 e. The molecule has 0 aliphatic carbocycles. The predicted octanol–water partition coefficient (Wildman–Crippen LogP) is -1.66. The van der Waals surface area contributed by atoms with Crippen molar-refractivity contribution in [3.8, 4) is 0 Å². The van der Waals surface area contributed by atoms with E-state index in [4.69, 9.17) is 9.11 Å². The minimum Gasteiger partial charge on any atom is -0.353 e. The first-order chi connectivity index (χ1) is 7.50. The van der Waals surface area contributed by atoms with Gasteiger partial charge in [-0.3, -0.25) is 9.35 Å². The van der Waals surface area contributed by atoms with Gasteiger partial charge < -0.3 is 14.7 Å². The van der Waals surface area contributed by atoms with Crippen molar-refractivity contribution in [3.63, 3.8) is 0 Å². The molecule has 100 valence electrons. The highest BCUT2D eigenvalue weighted by atomic mass is 32.3. The third-order valence-electron chi connectivity index (χ3n) is 1.65. The van der Waals surface area contributed by atoms with Crippen molar-refractivity contribution in [1.82, 2.24) is 5.32 Å². The molecule has 0 bridgehead atoms. The maximum atomic E-state index is 11.3. The van der Waals surface area contributed by atoms with Crippen molar-refractivity contribution in [2.24, 2.45) is 5.92 Å². The molecule has 3 atom stereocenters. The molecule has 0 aliphatic rings. The molecule has 0 heterocycles. The average molecular weight is 287 g/mol. The van der Waals surface area contributed by atoms with Crippen LogP contribution in [0.5, 0.6) is 0 Å². The minimum absolute atomic E-state index is 0.218. The van der Waals surface area contributed by atoms with Crippen LogP contribution >= 0.6 is 0 Å². The predicted molar refractivity (Wildman–Crippen MR) is 61.5 cm³/mol. The van der Waals surface area contributed by atoms with Gasteiger partial charge in [0.2, 0.25) is 0 Å². The van der Waals surface area contributed by atoms with Gasteiger partial charge >= 0.3 is 0 Å². The van der Waals surface area contributed by atoms with Crippen molar-refractivity contribution < 1.29 is 31.3 Å². The molecular weight excluding hydrogens is 274 g/mol. The van der Waals surface area contributed by atoms with Crippen molar-refractivity contribution in [2.45, 2.75) is 11.5 Å². The molecule has 0 fully saturated rings. The summed E-state index contributed by atoms with van der Waals surface area (Å²) in [5.74, 6) is 0.637. The first kappa shape index (κ1) is 16.0. The van der Waals surface area contributed by atoms with Crippen LogP contribution in [0.1, 0.15) is 6.92 Å². The summed E-state index contributed by atoms with van der Waals surface area (Å²) in [5.41, 5.74) is 0. The fourth-order valence-electron chi connectivity index (χ4n) is 0.886. The number of nitrogens with one attached hydrogen (secondary N) is 1. The Morgan fingerprint density at radius 2 is 1.88 bits per heavy atom. The molecule has 0 aromatic rings. The molecule has 0 saturated carbocycles. The summed E-state index contributed by atoms with van der Waals surface area (Å²) in [4.78, 5) is 21.6. The Balaban J connectivity index is 5.00. The van der Waals surface area contributed by atoms with Gasteiger partial charge in [0.15, 0.2) is 0 Å². The maximum absolute atomic E-state index is 11.3. The number of amides is 1. The molecule has 0 rings (SSSR count). The Bertz CT molecular complexity index is 460. The van der Waals surface area contributed by atoms with Gasteiger partial charge in [0.05, 0.1) is 0 Å². The summed E-state index contributed by atoms with van der Waals surface area (Å²) in [6.45, 7) is 1.22. The molecule has 1 amide bonds. The van der Waals surface area contributed by atoms with Crippen LogP contribution in [0, 0.1) is 5.92 Å². The van der Waals surface area contributed by atoms with Crippen LogP contribution < -0.4 is 5.32 Å². The Kier molecular flexibility index (Phi) is 5.26. The van der Waals surface area contributed by atoms with Crippen LogP contribution in [0.4, 0.5) is 0 Å². The molecule has 3 unspecified atom stereocenters. The molecule has 10 heteroatoms. The molecule has 0 aliphatic heterocycles. The fraction of sp³-hybridized carbons (Fsp3) is 0.571. The second-order valence-corrected chi connectivity index (χ2v) is 7.05. The van der Waals surface area contributed by atoms with E-state index in [-0.39, 0.29) is 6.54 Å². The summed E-state index contributed by atoms with van der Waals surface area (Å²) >= 11 is 0. The SMILES string of the molecule is C=S(=O)(O)C(C(=O)NCC(C)C=O)S(=O)(=O)O. The van der Waals surface area contributed by atoms with E-state index in [2.05, 4.69) is 5.87 Å². The number of aldehydes is 1. The minimum atomic E-state index is -5.06. The standard InChI is InChI=1S/C7H13NO7S2/c1-5(4-9)3-8-6(10)7(16(2,11)12)17(13,14)15/h4-5,7H,2-3H2,1H3,(H,8,10)(H,11,12)(H,13,14,15). The van der Waals surface area contributed by atoms with Crippen LogP contribution in [0.3, 0.4) is 0 Å². The lowest BCUT2D eigenvalue weighted by Crippen LogP contribution is -2.45. The van der Waals surface area contributed by atoms with E-state index in [9.17, 15) is 22.2 Å². The Labute approximate surface area is 99.0 Å². The third kappa shape index (κ3) is 5.26. The van der Waals surface area contributed by atoms with E-state index in [0.717, 1.165) is 0 Å². The smallest absolute Gasteiger partial charge is 0.290 e. The van der Waals surface area contributed by atoms with E-state index >= 15 is 0 Å². The van der Waals surface area contributed by atoms with Crippen molar-refractivity contribution in [1.29, 1.82) is 0 Å². The lowest BCUT2D eigenvalue weighted by atomic mass is 10.2. The van der Waals surface area contributed by atoms with Crippen LogP contribution in [-0.2, 0) is 29.5 Å². The van der Waals surface area contributed by atoms with Gasteiger partial charge in [-0.2, -0.15) is 8.42 Å². The van der Waals surface area contributed by atoms with Crippen molar-refractivity contribution in [2.75, 3.05) is 6.54 Å². The van der Waals surface area contributed by atoms with Crippen molar-refractivity contribution >= 4 is 38.0 Å². The zero-order valence-electron chi connectivity index (χ0n) is 8.90. The number of carbonyl (C=O) groups is 2. The Morgan fingerprint density at radius 1 is 1.41 bits per heavy atom. The molecule has 0 aromatic carbocycles. The normalized spacial score (nSPS) is 18.8. The highest BCUT2D eigenvalue weighted by Crippen LogP contribution is 2.07. The number of hydrogen-bond donors (Lipinski definition) is 3. The number of rotatable bonds is 6. The lowest BCUT2D eigenvalue weighted by Gasteiger charge is -2.14. The van der Waals surface area contributed by atoms with E-state index in [1.54, 1.807) is 0 Å². The molecule has 0 aromatic heterocycles. The highest BCUT2D eigenvalue weighted by Gasteiger charge is 2.38. The molecule has 0 radical (unpaired) electrons. The monoisotopic (exact) mass is 287 g/mol. The molecule has 0 saturated heterocycles. The third-order valence-corrected chi connectivity index (χ3v) is 4.92. The molecule has 3 N–H and O–H groups in total. The van der Waals surface area contributed by atoms with Crippen LogP contribution in [0.2, 0.25) is 0 Å². The second-order valence-electron chi connectivity index (χ2n) is 3.40. The molecular formula is C7H13NO7S2. The Hall–Kier alpha value is -0.970. The fourth-order valence-corrected chi connectivity index (χ4v) is 3.18. The van der Waals surface area contributed by atoms with Gasteiger partial charge in [0.25, 0.3) is 20.6 Å². The van der Waals surface area contributed by atoms with Gasteiger partial charge in [0.1, 0.15) is 16.1 Å². The van der Waals surface area contributed by atoms with E-state index in [0.29, 0.717) is 6.29 Å². The average Bonchev–Trinajstić information content (AvgIpc) is 2.09. The second kappa shape index (κ2) is 5.58. The topological polar surface area (TPSA) is 138 Å². The Morgan fingerprint density at radius 3 is 2.18 bits per heavy atom. The van der Waals surface area contributed by atoms with Gasteiger partial charge in [-0.25, -0.2) is 4.21 Å². The molecule has 17 heavy (non-hydrogen) atoms. The summed E-state index contributed by atoms with van der Waals surface area (Å²) in [6.07, 6.45) is 0.503. The zero-order chi connectivity index (χ0) is 13.9. The number of carbonyl (C=O) groups excluding carboxylic acids is 2. The van der Waals surface area contributed by atoms with Gasteiger partial charge in [-0.1, -0.05) is 6.92 Å². The first-order valence-corrected chi connectivity index (χ1v) is 7.53. The number of hydrogen-bond acceptors (Lipinski definition) is 5. The van der Waals surface area contributed by atoms with Gasteiger partial charge in [-0.15, -0.1) is 0 Å². The van der Waals surface area contributed by atoms with E-state index in [1.807, 2.05) is 5.32 Å². The lowest BCUT2D eigenvalue weighted by molar-refractivity contribution is -0.119. The summed E-state index contributed by atoms with van der Waals surface area (Å²) in [7, 11) is -9.38. The van der Waals surface area contributed by atoms with E-state index < -0.39 is 36.3 Å². The van der Waals surface area contributed by atoms with E-state index in [1.165, 1.54) is 6.92 Å². The molecule has 0 spiro atoms. The summed E-state index contributed by atoms with van der Waals surface area (Å²) in [6, 6.07) is 0. The molecule has 8 nitrogen and oxygen atoms in total. The van der Waals surface area contributed by atoms with Crippen LogP contribution in [-0.4, -0.2) is 50.9 Å². The zero-order valence-corrected chi connectivity index (χ0v) is 10.5. The van der Waals surface area contributed by atoms with Crippen molar-refractivity contribution in [3.05, 3.63) is 0 Å². The maximum Gasteiger partial charge on any atom is 0.290 e. The summed E-state index contributed by atoms with van der Waals surface area (Å²) in [5, 5.41) is 1.96. The van der Waals surface area contributed by atoms with Crippen LogP contribution in [0.15, 0.2) is 0 Å². The van der Waals surface area contributed by atoms with Gasteiger partial charge in [0, 0.05) is 12.5 Å². The summed E-state index contributed by atoms with van der Waals surface area (Å²) < 4.78 is 47.7.